The van der Waals surface area contributed by atoms with Crippen molar-refractivity contribution >= 4 is 17.7 Å². The molecule has 5 nitrogen and oxygen atoms in total. The molecular formula is C8H11NO4. The summed E-state index contributed by atoms with van der Waals surface area (Å²) in [7, 11) is 0. The summed E-state index contributed by atoms with van der Waals surface area (Å²) in [6, 6.07) is 0. The van der Waals surface area contributed by atoms with Gasteiger partial charge in [-0.3, -0.25) is 4.79 Å². The highest BCUT2D eigenvalue weighted by atomic mass is 16.7. The van der Waals surface area contributed by atoms with Crippen LogP contribution in [0.5, 0.6) is 0 Å². The van der Waals surface area contributed by atoms with Gasteiger partial charge in [0.05, 0.1) is 12.1 Å². The molecule has 0 atom stereocenters. The molecule has 0 saturated heterocycles. The largest absolute Gasteiger partial charge is 0.481 e. The third-order valence-electron chi connectivity index (χ3n) is 2.05. The monoisotopic (exact) mass is 185 g/mol. The predicted octanol–water partition coefficient (Wildman–Crippen LogP) is 0.790. The maximum Gasteiger partial charge on any atom is 0.346 e. The molecule has 13 heavy (non-hydrogen) atoms. The Bertz CT molecular complexity index is 280. The Morgan fingerprint density at radius 2 is 2.23 bits per heavy atom. The van der Waals surface area contributed by atoms with Crippen LogP contribution in [0.15, 0.2) is 5.16 Å². The van der Waals surface area contributed by atoms with Gasteiger partial charge < -0.3 is 9.94 Å². The van der Waals surface area contributed by atoms with Crippen LogP contribution in [0, 0.1) is 5.41 Å². The molecule has 1 N–H and O–H groups in total. The number of carbonyl (C=O) groups excluding carboxylic acids is 1. The lowest BCUT2D eigenvalue weighted by Gasteiger charge is -2.13. The van der Waals surface area contributed by atoms with Crippen LogP contribution in [-0.4, -0.2) is 22.8 Å². The molecule has 0 amide bonds. The van der Waals surface area contributed by atoms with Crippen molar-refractivity contribution < 1.29 is 19.5 Å². The van der Waals surface area contributed by atoms with Gasteiger partial charge in [-0.1, -0.05) is 5.16 Å². The molecule has 72 valence electrons. The van der Waals surface area contributed by atoms with Gasteiger partial charge in [0.1, 0.15) is 5.41 Å². The fraction of sp³-hybridized carbons (Fsp3) is 0.625. The van der Waals surface area contributed by atoms with Crippen molar-refractivity contribution in [2.75, 3.05) is 0 Å². The average molecular weight is 185 g/mol. The SMILES string of the molecule is CC1(C)C(=O)ON=C1CCC(=O)O. The summed E-state index contributed by atoms with van der Waals surface area (Å²) in [5, 5.41) is 12.0. The van der Waals surface area contributed by atoms with E-state index in [2.05, 4.69) is 9.99 Å². The molecule has 1 aliphatic heterocycles. The Balaban J connectivity index is 2.62. The zero-order valence-corrected chi connectivity index (χ0v) is 7.53. The topological polar surface area (TPSA) is 76.0 Å². The third-order valence-corrected chi connectivity index (χ3v) is 2.05. The van der Waals surface area contributed by atoms with Gasteiger partial charge in [-0.25, -0.2) is 4.79 Å². The van der Waals surface area contributed by atoms with Gasteiger partial charge in [-0.05, 0) is 13.8 Å². The fourth-order valence-corrected chi connectivity index (χ4v) is 1.03. The molecule has 0 fully saturated rings. The van der Waals surface area contributed by atoms with E-state index in [1.807, 2.05) is 0 Å². The van der Waals surface area contributed by atoms with Gasteiger partial charge in [0.2, 0.25) is 0 Å². The second-order valence-electron chi connectivity index (χ2n) is 3.44. The Labute approximate surface area is 75.4 Å². The number of carbonyl (C=O) groups is 2. The molecule has 0 unspecified atom stereocenters. The number of nitrogens with zero attached hydrogens (tertiary/aromatic N) is 1. The van der Waals surface area contributed by atoms with Gasteiger partial charge >= 0.3 is 11.9 Å². The summed E-state index contributed by atoms with van der Waals surface area (Å²) in [6.45, 7) is 3.34. The minimum atomic E-state index is -0.905. The van der Waals surface area contributed by atoms with E-state index >= 15 is 0 Å². The number of carboxylic acid groups (broad SMARTS) is 1. The quantitative estimate of drug-likeness (QED) is 0.659. The minimum Gasteiger partial charge on any atom is -0.481 e. The van der Waals surface area contributed by atoms with Crippen LogP contribution in [0.25, 0.3) is 0 Å². The second-order valence-corrected chi connectivity index (χ2v) is 3.44. The first-order valence-electron chi connectivity index (χ1n) is 3.95. The highest BCUT2D eigenvalue weighted by Crippen LogP contribution is 2.28. The molecule has 0 aromatic carbocycles. The van der Waals surface area contributed by atoms with Crippen molar-refractivity contribution in [1.82, 2.24) is 0 Å². The van der Waals surface area contributed by atoms with Gasteiger partial charge in [0.15, 0.2) is 0 Å². The molecule has 0 bridgehead atoms. The zero-order valence-electron chi connectivity index (χ0n) is 7.53. The van der Waals surface area contributed by atoms with Crippen molar-refractivity contribution in [3.63, 3.8) is 0 Å². The molecule has 1 aliphatic rings. The Hall–Kier alpha value is -1.39. The molecule has 0 aromatic heterocycles. The standard InChI is InChI=1S/C8H11NO4/c1-8(2)5(3-4-6(10)11)9-13-7(8)12/h3-4H2,1-2H3,(H,10,11). The van der Waals surface area contributed by atoms with Gasteiger partial charge in [-0.2, -0.15) is 0 Å². The van der Waals surface area contributed by atoms with E-state index in [-0.39, 0.29) is 12.8 Å². The number of hydrogen-bond donors (Lipinski definition) is 1. The van der Waals surface area contributed by atoms with E-state index in [0.717, 1.165) is 0 Å². The summed E-state index contributed by atoms with van der Waals surface area (Å²) in [5.41, 5.74) is -0.268. The van der Waals surface area contributed by atoms with Crippen molar-refractivity contribution in [3.05, 3.63) is 0 Å². The van der Waals surface area contributed by atoms with E-state index in [0.29, 0.717) is 5.71 Å². The Kier molecular flexibility index (Phi) is 2.36. The number of hydrogen-bond acceptors (Lipinski definition) is 4. The summed E-state index contributed by atoms with van der Waals surface area (Å²) >= 11 is 0. The van der Waals surface area contributed by atoms with Crippen molar-refractivity contribution in [3.8, 4) is 0 Å². The summed E-state index contributed by atoms with van der Waals surface area (Å²) in [5.74, 6) is -1.33. The van der Waals surface area contributed by atoms with Gasteiger partial charge in [0, 0.05) is 6.42 Å². The maximum absolute atomic E-state index is 11.1. The molecule has 0 aliphatic carbocycles. The normalized spacial score (nSPS) is 19.5. The van der Waals surface area contributed by atoms with Crippen LogP contribution in [0.4, 0.5) is 0 Å². The lowest BCUT2D eigenvalue weighted by molar-refractivity contribution is -0.147. The van der Waals surface area contributed by atoms with Gasteiger partial charge in [0.25, 0.3) is 0 Å². The first-order valence-corrected chi connectivity index (χ1v) is 3.95. The predicted molar refractivity (Wildman–Crippen MR) is 44.2 cm³/mol. The summed E-state index contributed by atoms with van der Waals surface area (Å²) in [6.07, 6.45) is 0.229. The lowest BCUT2D eigenvalue weighted by Crippen LogP contribution is -2.28. The molecule has 0 radical (unpaired) electrons. The lowest BCUT2D eigenvalue weighted by atomic mass is 9.86. The smallest absolute Gasteiger partial charge is 0.346 e. The molecule has 5 heteroatoms. The first kappa shape index (κ1) is 9.70. The molecule has 0 aromatic rings. The highest BCUT2D eigenvalue weighted by molar-refractivity contribution is 6.09. The van der Waals surface area contributed by atoms with E-state index in [1.54, 1.807) is 13.8 Å². The van der Waals surface area contributed by atoms with E-state index in [1.165, 1.54) is 0 Å². The van der Waals surface area contributed by atoms with Crippen molar-refractivity contribution in [2.45, 2.75) is 26.7 Å². The average Bonchev–Trinajstić information content (AvgIpc) is 2.25. The number of carboxylic acids is 1. The molecular weight excluding hydrogens is 174 g/mol. The van der Waals surface area contributed by atoms with Crippen LogP contribution >= 0.6 is 0 Å². The molecule has 1 rings (SSSR count). The van der Waals surface area contributed by atoms with Crippen molar-refractivity contribution in [2.24, 2.45) is 10.6 Å². The zero-order chi connectivity index (χ0) is 10.1. The van der Waals surface area contributed by atoms with E-state index in [4.69, 9.17) is 5.11 Å². The maximum atomic E-state index is 11.1. The first-order chi connectivity index (χ1) is 5.94. The number of rotatable bonds is 3. The molecule has 0 spiro atoms. The van der Waals surface area contributed by atoms with E-state index in [9.17, 15) is 9.59 Å². The number of oxime groups is 1. The van der Waals surface area contributed by atoms with Crippen LogP contribution < -0.4 is 0 Å². The molecule has 1 heterocycles. The fourth-order valence-electron chi connectivity index (χ4n) is 1.03. The Morgan fingerprint density at radius 1 is 1.62 bits per heavy atom. The Morgan fingerprint density at radius 3 is 2.62 bits per heavy atom. The van der Waals surface area contributed by atoms with Crippen molar-refractivity contribution in [1.29, 1.82) is 0 Å². The van der Waals surface area contributed by atoms with Crippen LogP contribution in [-0.2, 0) is 14.4 Å². The third kappa shape index (κ3) is 1.85. The molecule has 0 saturated carbocycles. The van der Waals surface area contributed by atoms with Gasteiger partial charge in [-0.15, -0.1) is 0 Å². The van der Waals surface area contributed by atoms with Crippen LogP contribution in [0.3, 0.4) is 0 Å². The van der Waals surface area contributed by atoms with Crippen LogP contribution in [0.1, 0.15) is 26.7 Å². The second kappa shape index (κ2) is 3.16. The highest BCUT2D eigenvalue weighted by Gasteiger charge is 2.40. The van der Waals surface area contributed by atoms with Crippen LogP contribution in [0.2, 0.25) is 0 Å². The summed E-state index contributed by atoms with van der Waals surface area (Å²) in [4.78, 5) is 25.8. The summed E-state index contributed by atoms with van der Waals surface area (Å²) < 4.78 is 0. The minimum absolute atomic E-state index is 0.0289. The number of aliphatic carboxylic acids is 1. The van der Waals surface area contributed by atoms with E-state index < -0.39 is 17.4 Å².